The summed E-state index contributed by atoms with van der Waals surface area (Å²) in [5.74, 6) is 1.67. The number of nitrogens with one attached hydrogen (secondary N) is 1. The maximum absolute atomic E-state index is 4.00. The molecule has 0 radical (unpaired) electrons. The molecule has 0 aromatic heterocycles. The Morgan fingerprint density at radius 3 is 1.27 bits per heavy atom. The maximum atomic E-state index is 4.00. The van der Waals surface area contributed by atoms with Crippen molar-refractivity contribution in [3.05, 3.63) is 0 Å². The lowest BCUT2D eigenvalue weighted by Crippen LogP contribution is -2.19. The van der Waals surface area contributed by atoms with Gasteiger partial charge in [-0.2, -0.15) is 0 Å². The van der Waals surface area contributed by atoms with Gasteiger partial charge < -0.3 is 5.32 Å². The smallest absolute Gasteiger partial charge is 0.00465 e. The first kappa shape index (κ1) is 20.0. The van der Waals surface area contributed by atoms with Gasteiger partial charge in [0.1, 0.15) is 0 Å². The number of terminal acetylenes is 1. The molecule has 0 saturated heterocycles. The molecule has 0 aliphatic rings. The Kier molecular flexibility index (Phi) is 25.5. The summed E-state index contributed by atoms with van der Waals surface area (Å²) in [5, 5.41) is 3.45. The van der Waals surface area contributed by atoms with Crippen LogP contribution in [0.25, 0.3) is 0 Å². The van der Waals surface area contributed by atoms with E-state index < -0.39 is 0 Å². The number of hydrogen-bond donors (Lipinski definition) is 1. The first-order valence-electron chi connectivity index (χ1n) is 6.17. The van der Waals surface area contributed by atoms with Gasteiger partial charge in [-0.1, -0.05) is 41.5 Å². The van der Waals surface area contributed by atoms with Gasteiger partial charge in [-0.25, -0.2) is 0 Å². The molecular weight excluding hydrogens is 182 g/mol. The molecule has 0 aliphatic carbocycles. The maximum Gasteiger partial charge on any atom is -0.00465 e. The highest BCUT2D eigenvalue weighted by atomic mass is 14.8. The van der Waals surface area contributed by atoms with Crippen LogP contribution in [0.15, 0.2) is 0 Å². The van der Waals surface area contributed by atoms with Gasteiger partial charge in [-0.15, -0.1) is 12.8 Å². The summed E-state index contributed by atoms with van der Waals surface area (Å²) < 4.78 is 0. The van der Waals surface area contributed by atoms with E-state index >= 15 is 0 Å². The van der Waals surface area contributed by atoms with Crippen LogP contribution < -0.4 is 5.32 Å². The lowest BCUT2D eigenvalue weighted by atomic mass is 10.1. The van der Waals surface area contributed by atoms with E-state index in [1.54, 1.807) is 0 Å². The van der Waals surface area contributed by atoms with Crippen LogP contribution in [0.2, 0.25) is 0 Å². The average Bonchev–Trinajstić information content (AvgIpc) is 2.22. The molecule has 0 unspecified atom stereocenters. The monoisotopic (exact) mass is 213 g/mol. The summed E-state index contributed by atoms with van der Waals surface area (Å²) in [7, 11) is 0. The molecule has 0 atom stereocenters. The Hall–Kier alpha value is -0.480. The summed E-state index contributed by atoms with van der Waals surface area (Å²) in [6.07, 6.45) is 10.6. The summed E-state index contributed by atoms with van der Waals surface area (Å²) in [5.41, 5.74) is 0. The first-order chi connectivity index (χ1) is 7.13. The van der Waals surface area contributed by atoms with E-state index in [4.69, 9.17) is 0 Å². The number of hydrogen-bond acceptors (Lipinski definition) is 1. The molecule has 1 N–H and O–H groups in total. The van der Waals surface area contributed by atoms with Crippen LogP contribution in [0, 0.1) is 24.7 Å². The molecule has 92 valence electrons. The van der Waals surface area contributed by atoms with Gasteiger partial charge in [0.05, 0.1) is 0 Å². The fourth-order valence-electron chi connectivity index (χ4n) is 0.906. The van der Waals surface area contributed by atoms with Gasteiger partial charge in [0, 0.05) is 0 Å². The van der Waals surface area contributed by atoms with Crippen LogP contribution in [0.1, 0.15) is 54.4 Å². The quantitative estimate of drug-likeness (QED) is 0.520. The van der Waals surface area contributed by atoms with Gasteiger partial charge in [0.15, 0.2) is 0 Å². The SMILES string of the molecule is C#C.CC.CC(C)CCNCCC(C)C. The largest absolute Gasteiger partial charge is 0.317 e. The molecule has 0 bridgehead atoms. The van der Waals surface area contributed by atoms with Crippen LogP contribution in [0.3, 0.4) is 0 Å². The molecule has 0 rings (SSSR count). The van der Waals surface area contributed by atoms with Crippen molar-refractivity contribution in [2.45, 2.75) is 54.4 Å². The highest BCUT2D eigenvalue weighted by molar-refractivity contribution is 4.52. The van der Waals surface area contributed by atoms with Crippen LogP contribution in [0.4, 0.5) is 0 Å². The normalized spacial score (nSPS) is 8.93. The lowest BCUT2D eigenvalue weighted by molar-refractivity contribution is 0.498. The van der Waals surface area contributed by atoms with Crippen molar-refractivity contribution in [1.29, 1.82) is 0 Å². The molecule has 0 saturated carbocycles. The highest BCUT2D eigenvalue weighted by Gasteiger charge is 1.94. The third-order valence-corrected chi connectivity index (χ3v) is 1.80. The Morgan fingerprint density at radius 2 is 1.07 bits per heavy atom. The Balaban J connectivity index is -0.000000318. The molecule has 1 nitrogen and oxygen atoms in total. The minimum Gasteiger partial charge on any atom is -0.317 e. The predicted molar refractivity (Wildman–Crippen MR) is 73.0 cm³/mol. The minimum atomic E-state index is 0.835. The summed E-state index contributed by atoms with van der Waals surface area (Å²) in [4.78, 5) is 0. The molecule has 0 aliphatic heterocycles. The van der Waals surface area contributed by atoms with Crippen molar-refractivity contribution in [3.63, 3.8) is 0 Å². The molecule has 0 heterocycles. The van der Waals surface area contributed by atoms with Crippen molar-refractivity contribution in [3.8, 4) is 12.8 Å². The molecular formula is C14H31N. The second kappa shape index (κ2) is 19.1. The third kappa shape index (κ3) is 31.7. The second-order valence-electron chi connectivity index (χ2n) is 4.12. The van der Waals surface area contributed by atoms with Gasteiger partial charge in [-0.3, -0.25) is 0 Å². The fraction of sp³-hybridized carbons (Fsp3) is 0.857. The fourth-order valence-corrected chi connectivity index (χ4v) is 0.906. The zero-order chi connectivity index (χ0) is 12.7. The molecule has 1 heteroatoms. The molecule has 0 aromatic rings. The minimum absolute atomic E-state index is 0.835. The highest BCUT2D eigenvalue weighted by Crippen LogP contribution is 1.98. The zero-order valence-corrected chi connectivity index (χ0v) is 11.6. The third-order valence-electron chi connectivity index (χ3n) is 1.80. The zero-order valence-electron chi connectivity index (χ0n) is 11.6. The topological polar surface area (TPSA) is 12.0 Å². The van der Waals surface area contributed by atoms with Crippen molar-refractivity contribution in [1.82, 2.24) is 5.32 Å². The summed E-state index contributed by atoms with van der Waals surface area (Å²) in [6, 6.07) is 0. The van der Waals surface area contributed by atoms with Crippen molar-refractivity contribution < 1.29 is 0 Å². The van der Waals surface area contributed by atoms with Crippen LogP contribution in [-0.4, -0.2) is 13.1 Å². The van der Waals surface area contributed by atoms with Crippen molar-refractivity contribution >= 4 is 0 Å². The van der Waals surface area contributed by atoms with E-state index in [0.717, 1.165) is 11.8 Å². The standard InChI is InChI=1S/C10H23N.C2H6.C2H2/c1-9(2)5-7-11-8-6-10(3)4;2*1-2/h9-11H,5-8H2,1-4H3;1-2H3;1-2H. The summed E-state index contributed by atoms with van der Waals surface area (Å²) >= 11 is 0. The number of rotatable bonds is 6. The lowest BCUT2D eigenvalue weighted by Gasteiger charge is -2.07. The average molecular weight is 213 g/mol. The molecule has 0 aromatic carbocycles. The Labute approximate surface area is 98.0 Å². The van der Waals surface area contributed by atoms with E-state index in [2.05, 4.69) is 45.9 Å². The van der Waals surface area contributed by atoms with E-state index in [-0.39, 0.29) is 0 Å². The van der Waals surface area contributed by atoms with Gasteiger partial charge in [0.25, 0.3) is 0 Å². The van der Waals surface area contributed by atoms with E-state index in [1.165, 1.54) is 25.9 Å². The summed E-state index contributed by atoms with van der Waals surface area (Å²) in [6.45, 7) is 15.4. The van der Waals surface area contributed by atoms with Crippen molar-refractivity contribution in [2.24, 2.45) is 11.8 Å². The molecule has 0 fully saturated rings. The van der Waals surface area contributed by atoms with Gasteiger partial charge in [-0.05, 0) is 37.8 Å². The Morgan fingerprint density at radius 1 is 0.800 bits per heavy atom. The molecule has 0 amide bonds. The first-order valence-corrected chi connectivity index (χ1v) is 6.17. The van der Waals surface area contributed by atoms with Crippen LogP contribution in [0.5, 0.6) is 0 Å². The van der Waals surface area contributed by atoms with E-state index in [9.17, 15) is 0 Å². The van der Waals surface area contributed by atoms with Gasteiger partial charge in [0.2, 0.25) is 0 Å². The van der Waals surface area contributed by atoms with Gasteiger partial charge >= 0.3 is 0 Å². The second-order valence-corrected chi connectivity index (χ2v) is 4.12. The Bertz CT molecular complexity index is 93.2. The van der Waals surface area contributed by atoms with Crippen LogP contribution in [-0.2, 0) is 0 Å². The molecule has 0 spiro atoms. The predicted octanol–water partition coefficient (Wildman–Crippen LogP) is 3.94. The van der Waals surface area contributed by atoms with Crippen molar-refractivity contribution in [2.75, 3.05) is 13.1 Å². The van der Waals surface area contributed by atoms with E-state index in [0.29, 0.717) is 0 Å². The van der Waals surface area contributed by atoms with E-state index in [1.807, 2.05) is 13.8 Å². The molecule has 15 heavy (non-hydrogen) atoms. The van der Waals surface area contributed by atoms with Crippen LogP contribution >= 0.6 is 0 Å².